The van der Waals surface area contributed by atoms with Gasteiger partial charge >= 0.3 is 0 Å². The lowest BCUT2D eigenvalue weighted by atomic mass is 10.1. The van der Waals surface area contributed by atoms with Crippen LogP contribution in [0.15, 0.2) is 47.5 Å². The van der Waals surface area contributed by atoms with Gasteiger partial charge in [-0.25, -0.2) is 4.90 Å². The Balaban J connectivity index is 2.09. The molecule has 3 rings (SSSR count). The van der Waals surface area contributed by atoms with Crippen molar-refractivity contribution in [3.05, 3.63) is 63.1 Å². The first-order valence-corrected chi connectivity index (χ1v) is 8.55. The fourth-order valence-electron chi connectivity index (χ4n) is 2.57. The molecule has 0 spiro atoms. The zero-order valence-electron chi connectivity index (χ0n) is 13.1. The number of hydrogen-bond acceptors (Lipinski definition) is 3. The Morgan fingerprint density at radius 1 is 1.00 bits per heavy atom. The quantitative estimate of drug-likeness (QED) is 0.689. The second kappa shape index (κ2) is 7.08. The Morgan fingerprint density at radius 2 is 1.72 bits per heavy atom. The molecule has 1 aliphatic rings. The van der Waals surface area contributed by atoms with E-state index in [-0.39, 0.29) is 15.6 Å². The minimum absolute atomic E-state index is 0.0413. The fraction of sp³-hybridized carbons (Fsp3) is 0.111. The topological polar surface area (TPSA) is 46.6 Å². The van der Waals surface area contributed by atoms with E-state index in [0.29, 0.717) is 28.6 Å². The Morgan fingerprint density at radius 3 is 2.40 bits per heavy atom. The van der Waals surface area contributed by atoms with Crippen LogP contribution in [0.5, 0.6) is 5.75 Å². The van der Waals surface area contributed by atoms with E-state index in [1.807, 2.05) is 6.92 Å². The number of carbonyl (C=O) groups is 2. The van der Waals surface area contributed by atoms with E-state index in [1.165, 1.54) is 6.07 Å². The number of hydrogen-bond donors (Lipinski definition) is 0. The van der Waals surface area contributed by atoms with Crippen molar-refractivity contribution in [1.82, 2.24) is 0 Å². The van der Waals surface area contributed by atoms with E-state index in [0.717, 1.165) is 4.90 Å². The molecule has 7 heteroatoms. The van der Waals surface area contributed by atoms with Crippen molar-refractivity contribution in [2.45, 2.75) is 6.92 Å². The molecule has 1 aliphatic heterocycles. The first kappa shape index (κ1) is 17.8. The molecule has 1 heterocycles. The summed E-state index contributed by atoms with van der Waals surface area (Å²) < 4.78 is 5.51. The van der Waals surface area contributed by atoms with Gasteiger partial charge in [-0.3, -0.25) is 9.59 Å². The van der Waals surface area contributed by atoms with Crippen molar-refractivity contribution >= 4 is 57.9 Å². The molecule has 0 unspecified atom stereocenters. The minimum Gasteiger partial charge on any atom is -0.492 e. The van der Waals surface area contributed by atoms with Crippen LogP contribution < -0.4 is 9.64 Å². The smallest absolute Gasteiger partial charge is 0.277 e. The van der Waals surface area contributed by atoms with Gasteiger partial charge in [0.05, 0.1) is 22.9 Å². The van der Waals surface area contributed by atoms with Gasteiger partial charge in [0, 0.05) is 10.6 Å². The third kappa shape index (κ3) is 3.13. The molecule has 0 radical (unpaired) electrons. The maximum absolute atomic E-state index is 12.9. The molecule has 4 nitrogen and oxygen atoms in total. The summed E-state index contributed by atoms with van der Waals surface area (Å²) in [5.41, 5.74) is 0.725. The molecule has 2 amide bonds. The summed E-state index contributed by atoms with van der Waals surface area (Å²) in [7, 11) is 0. The summed E-state index contributed by atoms with van der Waals surface area (Å²) in [4.78, 5) is 26.6. The number of anilines is 1. The molecule has 0 aliphatic carbocycles. The van der Waals surface area contributed by atoms with Crippen molar-refractivity contribution in [1.29, 1.82) is 0 Å². The van der Waals surface area contributed by atoms with E-state index in [9.17, 15) is 9.59 Å². The van der Waals surface area contributed by atoms with Gasteiger partial charge in [-0.2, -0.15) is 0 Å². The molecular formula is C18H12Cl3NO3. The number of ether oxygens (including phenoxy) is 1. The predicted molar refractivity (Wildman–Crippen MR) is 99.3 cm³/mol. The highest BCUT2D eigenvalue weighted by Crippen LogP contribution is 2.40. The zero-order valence-corrected chi connectivity index (χ0v) is 15.3. The first-order valence-electron chi connectivity index (χ1n) is 7.41. The van der Waals surface area contributed by atoms with Gasteiger partial charge in [-0.1, -0.05) is 53.0 Å². The molecule has 2 aromatic carbocycles. The second-order valence-corrected chi connectivity index (χ2v) is 6.38. The number of benzene rings is 2. The Bertz CT molecular complexity index is 908. The number of imide groups is 1. The number of para-hydroxylation sites is 2. The summed E-state index contributed by atoms with van der Waals surface area (Å²) in [5, 5.41) is 0.461. The highest BCUT2D eigenvalue weighted by Gasteiger charge is 2.41. The molecule has 0 fully saturated rings. The van der Waals surface area contributed by atoms with Crippen molar-refractivity contribution in [2.75, 3.05) is 11.5 Å². The summed E-state index contributed by atoms with van der Waals surface area (Å²) >= 11 is 18.3. The number of halogens is 3. The SMILES string of the molecule is CCOc1ccccc1N1C(=O)C(Cl)=C(c2ccc(Cl)cc2Cl)C1=O. The normalized spacial score (nSPS) is 14.5. The van der Waals surface area contributed by atoms with Gasteiger partial charge < -0.3 is 4.74 Å². The Kier molecular flexibility index (Phi) is 5.04. The third-order valence-electron chi connectivity index (χ3n) is 3.63. The van der Waals surface area contributed by atoms with Gasteiger partial charge in [0.2, 0.25) is 0 Å². The summed E-state index contributed by atoms with van der Waals surface area (Å²) in [6.45, 7) is 2.21. The highest BCUT2D eigenvalue weighted by atomic mass is 35.5. The van der Waals surface area contributed by atoms with Gasteiger partial charge in [-0.15, -0.1) is 0 Å². The van der Waals surface area contributed by atoms with Crippen LogP contribution in [0.3, 0.4) is 0 Å². The molecule has 128 valence electrons. The number of amides is 2. The van der Waals surface area contributed by atoms with Gasteiger partial charge in [0.1, 0.15) is 10.8 Å². The first-order chi connectivity index (χ1) is 12.0. The van der Waals surface area contributed by atoms with Crippen LogP contribution in [0.4, 0.5) is 5.69 Å². The molecule has 0 saturated carbocycles. The number of rotatable bonds is 4. The molecule has 0 aromatic heterocycles. The summed E-state index contributed by atoms with van der Waals surface area (Å²) in [6.07, 6.45) is 0. The van der Waals surface area contributed by atoms with Crippen LogP contribution in [0.1, 0.15) is 12.5 Å². The van der Waals surface area contributed by atoms with E-state index in [4.69, 9.17) is 39.5 Å². The van der Waals surface area contributed by atoms with Crippen LogP contribution in [0, 0.1) is 0 Å². The van der Waals surface area contributed by atoms with Crippen LogP contribution in [-0.2, 0) is 9.59 Å². The predicted octanol–water partition coefficient (Wildman–Crippen LogP) is 4.92. The number of carbonyl (C=O) groups excluding carboxylic acids is 2. The second-order valence-electron chi connectivity index (χ2n) is 5.16. The molecule has 0 N–H and O–H groups in total. The third-order valence-corrected chi connectivity index (χ3v) is 4.53. The molecule has 2 aromatic rings. The van der Waals surface area contributed by atoms with Crippen LogP contribution in [0.25, 0.3) is 5.57 Å². The maximum Gasteiger partial charge on any atom is 0.277 e. The highest BCUT2D eigenvalue weighted by molar-refractivity contribution is 6.61. The van der Waals surface area contributed by atoms with Crippen molar-refractivity contribution in [2.24, 2.45) is 0 Å². The van der Waals surface area contributed by atoms with Crippen LogP contribution in [-0.4, -0.2) is 18.4 Å². The Hall–Kier alpha value is -2.01. The van der Waals surface area contributed by atoms with Crippen molar-refractivity contribution in [3.8, 4) is 5.75 Å². The van der Waals surface area contributed by atoms with E-state index < -0.39 is 11.8 Å². The Labute approximate surface area is 159 Å². The average molecular weight is 397 g/mol. The molecule has 0 atom stereocenters. The lowest BCUT2D eigenvalue weighted by Crippen LogP contribution is -2.31. The van der Waals surface area contributed by atoms with Gasteiger partial charge in [0.25, 0.3) is 11.8 Å². The molecule has 0 bridgehead atoms. The maximum atomic E-state index is 12.9. The van der Waals surface area contributed by atoms with Gasteiger partial charge in [-0.05, 0) is 31.2 Å². The van der Waals surface area contributed by atoms with Crippen molar-refractivity contribution in [3.63, 3.8) is 0 Å². The van der Waals surface area contributed by atoms with E-state index in [1.54, 1.807) is 36.4 Å². The van der Waals surface area contributed by atoms with E-state index >= 15 is 0 Å². The van der Waals surface area contributed by atoms with Crippen LogP contribution >= 0.6 is 34.8 Å². The average Bonchev–Trinajstić information content (AvgIpc) is 2.79. The summed E-state index contributed by atoms with van der Waals surface area (Å²) in [5.74, 6) is -0.772. The number of nitrogens with zero attached hydrogens (tertiary/aromatic N) is 1. The van der Waals surface area contributed by atoms with Gasteiger partial charge in [0.15, 0.2) is 0 Å². The summed E-state index contributed by atoms with van der Waals surface area (Å²) in [6, 6.07) is 11.4. The van der Waals surface area contributed by atoms with E-state index in [2.05, 4.69) is 0 Å². The monoisotopic (exact) mass is 395 g/mol. The largest absolute Gasteiger partial charge is 0.492 e. The lowest BCUT2D eigenvalue weighted by Gasteiger charge is -2.18. The lowest BCUT2D eigenvalue weighted by molar-refractivity contribution is -0.119. The van der Waals surface area contributed by atoms with Crippen molar-refractivity contribution < 1.29 is 14.3 Å². The minimum atomic E-state index is -0.625. The fourth-order valence-corrected chi connectivity index (χ4v) is 3.34. The standard InChI is InChI=1S/C18H12Cl3NO3/c1-2-25-14-6-4-3-5-13(14)22-17(23)15(16(21)18(22)24)11-8-7-10(19)9-12(11)20/h3-9H,2H2,1H3. The van der Waals surface area contributed by atoms with Crippen LogP contribution in [0.2, 0.25) is 10.0 Å². The molecular weight excluding hydrogens is 385 g/mol. The zero-order chi connectivity index (χ0) is 18.1. The molecule has 25 heavy (non-hydrogen) atoms. The molecule has 0 saturated heterocycles.